The number of aryl methyl sites for hydroxylation is 2. The van der Waals surface area contributed by atoms with Gasteiger partial charge in [0.05, 0.1) is 36.0 Å². The fourth-order valence-corrected chi connectivity index (χ4v) is 3.41. The van der Waals surface area contributed by atoms with Crippen molar-refractivity contribution in [2.24, 2.45) is 7.05 Å². The summed E-state index contributed by atoms with van der Waals surface area (Å²) in [5.74, 6) is -1.67. The van der Waals surface area contributed by atoms with Gasteiger partial charge in [-0.2, -0.15) is 0 Å². The molecule has 2 aromatic heterocycles. The fraction of sp³-hybridized carbons (Fsp3) is 0.200. The lowest BCUT2D eigenvalue weighted by atomic mass is 10.1. The first kappa shape index (κ1) is 20.3. The second-order valence-electron chi connectivity index (χ2n) is 6.21. The Bertz CT molecular complexity index is 1070. The van der Waals surface area contributed by atoms with Crippen molar-refractivity contribution in [1.29, 1.82) is 0 Å². The number of hydrogen-bond donors (Lipinski definition) is 1. The third-order valence-electron chi connectivity index (χ3n) is 4.19. The minimum atomic E-state index is -0.633. The summed E-state index contributed by atoms with van der Waals surface area (Å²) < 4.78 is 11.1. The fourth-order valence-electron chi connectivity index (χ4n) is 2.79. The second-order valence-corrected chi connectivity index (χ2v) is 7.28. The van der Waals surface area contributed by atoms with Crippen LogP contribution in [0.15, 0.2) is 35.8 Å². The molecular formula is C20H19N3O5S. The Morgan fingerprint density at radius 3 is 2.17 bits per heavy atom. The van der Waals surface area contributed by atoms with Gasteiger partial charge < -0.3 is 19.4 Å². The van der Waals surface area contributed by atoms with E-state index >= 15 is 0 Å². The molecule has 0 atom stereocenters. The SMILES string of the molecule is COC(=O)c1cc(NC(=O)c2cc(-c3csc(C)n3)cn2C)cc(C(=O)OC)c1. The molecule has 1 aromatic carbocycles. The van der Waals surface area contributed by atoms with Crippen LogP contribution in [-0.4, -0.2) is 41.6 Å². The van der Waals surface area contributed by atoms with Crippen molar-refractivity contribution in [2.75, 3.05) is 19.5 Å². The highest BCUT2D eigenvalue weighted by Gasteiger charge is 2.18. The maximum absolute atomic E-state index is 12.8. The molecule has 1 N–H and O–H groups in total. The number of benzene rings is 1. The highest BCUT2D eigenvalue weighted by atomic mass is 32.1. The molecular weight excluding hydrogens is 394 g/mol. The van der Waals surface area contributed by atoms with Crippen LogP contribution in [0, 0.1) is 6.92 Å². The molecule has 0 spiro atoms. The molecule has 3 rings (SSSR count). The zero-order valence-electron chi connectivity index (χ0n) is 16.3. The predicted molar refractivity (Wildman–Crippen MR) is 108 cm³/mol. The largest absolute Gasteiger partial charge is 0.465 e. The van der Waals surface area contributed by atoms with Crippen molar-refractivity contribution >= 4 is 34.9 Å². The molecule has 0 aliphatic rings. The molecule has 0 saturated heterocycles. The minimum Gasteiger partial charge on any atom is -0.465 e. The number of esters is 2. The number of nitrogens with one attached hydrogen (secondary N) is 1. The molecule has 1 amide bonds. The van der Waals surface area contributed by atoms with E-state index in [2.05, 4.69) is 10.3 Å². The van der Waals surface area contributed by atoms with E-state index in [1.165, 1.54) is 43.8 Å². The van der Waals surface area contributed by atoms with Crippen molar-refractivity contribution in [2.45, 2.75) is 6.92 Å². The number of ether oxygens (including phenoxy) is 2. The quantitative estimate of drug-likeness (QED) is 0.645. The Labute approximate surface area is 171 Å². The maximum atomic E-state index is 12.8. The Kier molecular flexibility index (Phi) is 5.79. The summed E-state index contributed by atoms with van der Waals surface area (Å²) >= 11 is 1.53. The van der Waals surface area contributed by atoms with Gasteiger partial charge in [0.25, 0.3) is 5.91 Å². The van der Waals surface area contributed by atoms with E-state index in [1.54, 1.807) is 17.7 Å². The monoisotopic (exact) mass is 413 g/mol. The molecule has 0 radical (unpaired) electrons. The number of rotatable bonds is 5. The van der Waals surface area contributed by atoms with E-state index in [1.807, 2.05) is 18.5 Å². The average Bonchev–Trinajstić information content (AvgIpc) is 3.31. The molecule has 0 aliphatic heterocycles. The molecule has 2 heterocycles. The molecule has 9 heteroatoms. The van der Waals surface area contributed by atoms with Gasteiger partial charge in [-0.1, -0.05) is 0 Å². The van der Waals surface area contributed by atoms with E-state index in [9.17, 15) is 14.4 Å². The third-order valence-corrected chi connectivity index (χ3v) is 4.96. The van der Waals surface area contributed by atoms with Gasteiger partial charge in [-0.3, -0.25) is 4.79 Å². The Balaban J connectivity index is 1.91. The minimum absolute atomic E-state index is 0.121. The highest BCUT2D eigenvalue weighted by molar-refractivity contribution is 7.09. The number of hydrogen-bond acceptors (Lipinski definition) is 7. The standard InChI is InChI=1S/C20H19N3O5S/c1-11-21-16(10-29-11)14-8-17(23(2)9-14)18(24)22-15-6-12(19(25)27-3)5-13(7-15)20(26)28-4/h5-10H,1-4H3,(H,22,24). The summed E-state index contributed by atoms with van der Waals surface area (Å²) in [6, 6.07) is 5.95. The molecule has 0 unspecified atom stereocenters. The number of methoxy groups -OCH3 is 2. The summed E-state index contributed by atoms with van der Waals surface area (Å²) in [5, 5.41) is 5.58. The van der Waals surface area contributed by atoms with Gasteiger partial charge in [-0.15, -0.1) is 11.3 Å². The number of aromatic nitrogens is 2. The van der Waals surface area contributed by atoms with Gasteiger partial charge in [0, 0.05) is 29.9 Å². The molecule has 150 valence electrons. The number of nitrogens with zero attached hydrogens (tertiary/aromatic N) is 2. The van der Waals surface area contributed by atoms with Crippen molar-refractivity contribution in [1.82, 2.24) is 9.55 Å². The molecule has 29 heavy (non-hydrogen) atoms. The van der Waals surface area contributed by atoms with Gasteiger partial charge >= 0.3 is 11.9 Å². The van der Waals surface area contributed by atoms with Crippen LogP contribution < -0.4 is 5.32 Å². The first-order valence-electron chi connectivity index (χ1n) is 8.54. The highest BCUT2D eigenvalue weighted by Crippen LogP contribution is 2.24. The molecule has 8 nitrogen and oxygen atoms in total. The zero-order valence-corrected chi connectivity index (χ0v) is 17.1. The van der Waals surface area contributed by atoms with Crippen LogP contribution in [0.4, 0.5) is 5.69 Å². The van der Waals surface area contributed by atoms with Crippen molar-refractivity contribution in [3.05, 3.63) is 57.7 Å². The Morgan fingerprint density at radius 2 is 1.66 bits per heavy atom. The molecule has 0 saturated carbocycles. The van der Waals surface area contributed by atoms with E-state index < -0.39 is 17.8 Å². The van der Waals surface area contributed by atoms with Crippen molar-refractivity contribution < 1.29 is 23.9 Å². The number of carbonyl (C=O) groups excluding carboxylic acids is 3. The second kappa shape index (κ2) is 8.27. The summed E-state index contributed by atoms with van der Waals surface area (Å²) in [6.07, 6.45) is 1.81. The summed E-state index contributed by atoms with van der Waals surface area (Å²) in [6.45, 7) is 1.91. The third kappa shape index (κ3) is 4.35. The topological polar surface area (TPSA) is 99.5 Å². The van der Waals surface area contributed by atoms with Crippen LogP contribution in [0.25, 0.3) is 11.3 Å². The van der Waals surface area contributed by atoms with Crippen LogP contribution in [-0.2, 0) is 16.5 Å². The van der Waals surface area contributed by atoms with Crippen molar-refractivity contribution in [3.8, 4) is 11.3 Å². The normalized spacial score (nSPS) is 10.5. The van der Waals surface area contributed by atoms with Crippen molar-refractivity contribution in [3.63, 3.8) is 0 Å². The zero-order chi connectivity index (χ0) is 21.1. The van der Waals surface area contributed by atoms with E-state index in [4.69, 9.17) is 9.47 Å². The number of thiazole rings is 1. The summed E-state index contributed by atoms with van der Waals surface area (Å²) in [4.78, 5) is 41.0. The molecule has 0 fully saturated rings. The van der Waals surface area contributed by atoms with Crippen LogP contribution in [0.2, 0.25) is 0 Å². The van der Waals surface area contributed by atoms with Crippen LogP contribution in [0.3, 0.4) is 0 Å². The van der Waals surface area contributed by atoms with Crippen LogP contribution in [0.5, 0.6) is 0 Å². The van der Waals surface area contributed by atoms with Gasteiger partial charge in [0.1, 0.15) is 5.69 Å². The molecule has 0 aliphatic carbocycles. The number of carbonyl (C=O) groups is 3. The Hall–Kier alpha value is -3.46. The molecule has 0 bridgehead atoms. The summed E-state index contributed by atoms with van der Waals surface area (Å²) in [5.41, 5.74) is 2.52. The maximum Gasteiger partial charge on any atom is 0.337 e. The first-order valence-corrected chi connectivity index (χ1v) is 9.42. The Morgan fingerprint density at radius 1 is 1.03 bits per heavy atom. The van der Waals surface area contributed by atoms with E-state index in [0.29, 0.717) is 5.69 Å². The van der Waals surface area contributed by atoms with E-state index in [0.717, 1.165) is 16.3 Å². The average molecular weight is 413 g/mol. The van der Waals surface area contributed by atoms with Crippen LogP contribution >= 0.6 is 11.3 Å². The molecule has 3 aromatic rings. The predicted octanol–water partition coefficient (Wildman–Crippen LogP) is 3.28. The first-order chi connectivity index (χ1) is 13.8. The number of amides is 1. The lowest BCUT2D eigenvalue weighted by molar-refractivity contribution is 0.0599. The lowest BCUT2D eigenvalue weighted by Gasteiger charge is -2.10. The van der Waals surface area contributed by atoms with Gasteiger partial charge in [-0.05, 0) is 31.2 Å². The van der Waals surface area contributed by atoms with Gasteiger partial charge in [0.15, 0.2) is 0 Å². The van der Waals surface area contributed by atoms with E-state index in [-0.39, 0.29) is 16.8 Å². The van der Waals surface area contributed by atoms with Gasteiger partial charge in [-0.25, -0.2) is 14.6 Å². The smallest absolute Gasteiger partial charge is 0.337 e. The van der Waals surface area contributed by atoms with Gasteiger partial charge in [0.2, 0.25) is 0 Å². The van der Waals surface area contributed by atoms with Crippen LogP contribution in [0.1, 0.15) is 36.2 Å². The summed E-state index contributed by atoms with van der Waals surface area (Å²) in [7, 11) is 4.22. The lowest BCUT2D eigenvalue weighted by Crippen LogP contribution is -2.16. The number of anilines is 1.